The van der Waals surface area contributed by atoms with Crippen LogP contribution in [0.4, 0.5) is 0 Å². The smallest absolute Gasteiger partial charge is 0.0897 e. The Morgan fingerprint density at radius 3 is 2.40 bits per heavy atom. The second kappa shape index (κ2) is 15.2. The molecule has 2 unspecified atom stereocenters. The lowest BCUT2D eigenvalue weighted by Gasteiger charge is -2.15. The van der Waals surface area contributed by atoms with E-state index in [1.165, 1.54) is 32.1 Å². The van der Waals surface area contributed by atoms with Gasteiger partial charge in [-0.15, -0.1) is 0 Å². The summed E-state index contributed by atoms with van der Waals surface area (Å²) in [5, 5.41) is 13.0. The highest BCUT2D eigenvalue weighted by molar-refractivity contribution is 4.61. The van der Waals surface area contributed by atoms with Gasteiger partial charge in [-0.25, -0.2) is 0 Å². The molecule has 0 spiro atoms. The van der Waals surface area contributed by atoms with E-state index in [-0.39, 0.29) is 0 Å². The molecule has 20 heavy (non-hydrogen) atoms. The highest BCUT2D eigenvalue weighted by Gasteiger charge is 2.05. The molecular weight excluding hydrogens is 254 g/mol. The predicted octanol–water partition coefficient (Wildman–Crippen LogP) is 2.60. The lowest BCUT2D eigenvalue weighted by Crippen LogP contribution is -2.34. The van der Waals surface area contributed by atoms with Crippen molar-refractivity contribution in [1.82, 2.24) is 5.32 Å². The summed E-state index contributed by atoms with van der Waals surface area (Å²) in [4.78, 5) is 0. The molecule has 122 valence electrons. The maximum absolute atomic E-state index is 9.75. The number of methoxy groups -OCH3 is 1. The number of nitrogens with one attached hydrogen (secondary N) is 1. The third-order valence-corrected chi connectivity index (χ3v) is 3.28. The zero-order valence-electron chi connectivity index (χ0n) is 13.7. The van der Waals surface area contributed by atoms with Gasteiger partial charge >= 0.3 is 0 Å². The van der Waals surface area contributed by atoms with E-state index in [1.807, 2.05) is 0 Å². The molecule has 0 amide bonds. The Labute approximate surface area is 125 Å². The van der Waals surface area contributed by atoms with Gasteiger partial charge in [0.2, 0.25) is 0 Å². The van der Waals surface area contributed by atoms with Crippen molar-refractivity contribution in [3.63, 3.8) is 0 Å². The zero-order valence-corrected chi connectivity index (χ0v) is 13.7. The Bertz CT molecular complexity index is 191. The zero-order chi connectivity index (χ0) is 15.1. The summed E-state index contributed by atoms with van der Waals surface area (Å²) in [5.74, 6) is 0.469. The van der Waals surface area contributed by atoms with Gasteiger partial charge in [-0.1, -0.05) is 46.0 Å². The van der Waals surface area contributed by atoms with Crippen molar-refractivity contribution in [2.45, 2.75) is 58.5 Å². The SMILES string of the molecule is CCCCCCCCOCC(O)CNCC(C)COC. The van der Waals surface area contributed by atoms with Crippen LogP contribution in [0.5, 0.6) is 0 Å². The summed E-state index contributed by atoms with van der Waals surface area (Å²) in [7, 11) is 1.71. The standard InChI is InChI=1S/C16H35NO3/c1-4-5-6-7-8-9-10-20-14-16(18)12-17-11-15(2)13-19-3/h15-18H,4-14H2,1-3H3. The molecule has 2 atom stereocenters. The van der Waals surface area contributed by atoms with Crippen LogP contribution in [0, 0.1) is 5.92 Å². The van der Waals surface area contributed by atoms with Crippen molar-refractivity contribution in [1.29, 1.82) is 0 Å². The normalized spacial score (nSPS) is 14.4. The van der Waals surface area contributed by atoms with Crippen LogP contribution in [0.25, 0.3) is 0 Å². The summed E-state index contributed by atoms with van der Waals surface area (Å²) in [6.45, 7) is 7.75. The molecule has 0 fully saturated rings. The Morgan fingerprint density at radius 1 is 1.00 bits per heavy atom. The van der Waals surface area contributed by atoms with E-state index < -0.39 is 6.10 Å². The third kappa shape index (κ3) is 14.3. The van der Waals surface area contributed by atoms with Crippen LogP contribution in [0.15, 0.2) is 0 Å². The molecule has 0 aliphatic heterocycles. The van der Waals surface area contributed by atoms with Gasteiger partial charge in [0.25, 0.3) is 0 Å². The quantitative estimate of drug-likeness (QED) is 0.455. The fraction of sp³-hybridized carbons (Fsp3) is 1.00. The van der Waals surface area contributed by atoms with Crippen molar-refractivity contribution in [3.05, 3.63) is 0 Å². The topological polar surface area (TPSA) is 50.7 Å². The van der Waals surface area contributed by atoms with Crippen molar-refractivity contribution in [2.75, 3.05) is 40.0 Å². The Balaban J connectivity index is 3.22. The molecule has 0 saturated carbocycles. The van der Waals surface area contributed by atoms with E-state index in [4.69, 9.17) is 9.47 Å². The number of aliphatic hydroxyl groups is 1. The molecule has 4 heteroatoms. The first-order valence-corrected chi connectivity index (χ1v) is 8.16. The average molecular weight is 289 g/mol. The highest BCUT2D eigenvalue weighted by atomic mass is 16.5. The summed E-state index contributed by atoms with van der Waals surface area (Å²) < 4.78 is 10.6. The monoisotopic (exact) mass is 289 g/mol. The first-order chi connectivity index (χ1) is 9.70. The van der Waals surface area contributed by atoms with Gasteiger partial charge in [-0.05, 0) is 18.9 Å². The maximum atomic E-state index is 9.75. The van der Waals surface area contributed by atoms with Gasteiger partial charge in [0.1, 0.15) is 0 Å². The van der Waals surface area contributed by atoms with Gasteiger partial charge in [-0.2, -0.15) is 0 Å². The van der Waals surface area contributed by atoms with Crippen molar-refractivity contribution < 1.29 is 14.6 Å². The summed E-state index contributed by atoms with van der Waals surface area (Å²) in [5.41, 5.74) is 0. The van der Waals surface area contributed by atoms with Crippen LogP contribution in [-0.2, 0) is 9.47 Å². The molecule has 4 nitrogen and oxygen atoms in total. The second-order valence-corrected chi connectivity index (χ2v) is 5.72. The molecule has 0 aliphatic rings. The summed E-state index contributed by atoms with van der Waals surface area (Å²) in [6, 6.07) is 0. The number of rotatable bonds is 15. The third-order valence-electron chi connectivity index (χ3n) is 3.28. The van der Waals surface area contributed by atoms with Crippen LogP contribution in [-0.4, -0.2) is 51.2 Å². The number of ether oxygens (including phenoxy) is 2. The minimum atomic E-state index is -0.412. The number of unbranched alkanes of at least 4 members (excludes halogenated alkanes) is 5. The predicted molar refractivity (Wildman–Crippen MR) is 84.1 cm³/mol. The molecule has 0 heterocycles. The van der Waals surface area contributed by atoms with E-state index in [1.54, 1.807) is 7.11 Å². The average Bonchev–Trinajstić information content (AvgIpc) is 2.42. The summed E-state index contributed by atoms with van der Waals surface area (Å²) in [6.07, 6.45) is 7.20. The largest absolute Gasteiger partial charge is 0.389 e. The highest BCUT2D eigenvalue weighted by Crippen LogP contribution is 2.04. The molecule has 0 saturated heterocycles. The van der Waals surface area contributed by atoms with E-state index in [2.05, 4.69) is 19.2 Å². The molecule has 0 aliphatic carbocycles. The number of hydrogen-bond donors (Lipinski definition) is 2. The van der Waals surface area contributed by atoms with E-state index in [0.29, 0.717) is 19.1 Å². The van der Waals surface area contributed by atoms with E-state index in [9.17, 15) is 5.11 Å². The number of aliphatic hydroxyl groups excluding tert-OH is 1. The Kier molecular flexibility index (Phi) is 15.1. The van der Waals surface area contributed by atoms with Crippen LogP contribution < -0.4 is 5.32 Å². The van der Waals surface area contributed by atoms with Gasteiger partial charge in [0.05, 0.1) is 12.7 Å². The van der Waals surface area contributed by atoms with Gasteiger partial charge in [-0.3, -0.25) is 0 Å². The van der Waals surface area contributed by atoms with Crippen LogP contribution in [0.3, 0.4) is 0 Å². The molecule has 0 bridgehead atoms. The first kappa shape index (κ1) is 19.8. The van der Waals surface area contributed by atoms with Crippen LogP contribution in [0.2, 0.25) is 0 Å². The van der Waals surface area contributed by atoms with E-state index in [0.717, 1.165) is 26.2 Å². The van der Waals surface area contributed by atoms with Crippen molar-refractivity contribution in [3.8, 4) is 0 Å². The van der Waals surface area contributed by atoms with Gasteiger partial charge < -0.3 is 19.9 Å². The van der Waals surface area contributed by atoms with Crippen LogP contribution >= 0.6 is 0 Å². The Hall–Kier alpha value is -0.160. The Morgan fingerprint density at radius 2 is 1.70 bits per heavy atom. The molecule has 0 aromatic carbocycles. The lowest BCUT2D eigenvalue weighted by molar-refractivity contribution is 0.0346. The molecule has 0 aromatic heterocycles. The van der Waals surface area contributed by atoms with Gasteiger partial charge in [0, 0.05) is 26.9 Å². The number of hydrogen-bond acceptors (Lipinski definition) is 4. The fourth-order valence-corrected chi connectivity index (χ4v) is 2.10. The lowest BCUT2D eigenvalue weighted by atomic mass is 10.1. The fourth-order valence-electron chi connectivity index (χ4n) is 2.10. The van der Waals surface area contributed by atoms with Crippen molar-refractivity contribution in [2.24, 2.45) is 5.92 Å². The molecule has 0 radical (unpaired) electrons. The molecule has 0 aromatic rings. The minimum absolute atomic E-state index is 0.412. The summed E-state index contributed by atoms with van der Waals surface area (Å²) >= 11 is 0. The van der Waals surface area contributed by atoms with Crippen molar-refractivity contribution >= 4 is 0 Å². The second-order valence-electron chi connectivity index (χ2n) is 5.72. The molecule has 2 N–H and O–H groups in total. The minimum Gasteiger partial charge on any atom is -0.389 e. The molecule has 0 rings (SSSR count). The van der Waals surface area contributed by atoms with Crippen LogP contribution in [0.1, 0.15) is 52.4 Å². The maximum Gasteiger partial charge on any atom is 0.0897 e. The van der Waals surface area contributed by atoms with E-state index >= 15 is 0 Å². The van der Waals surface area contributed by atoms with Gasteiger partial charge in [0.15, 0.2) is 0 Å². The first-order valence-electron chi connectivity index (χ1n) is 8.16. The molecular formula is C16H35NO3.